The maximum Gasteiger partial charge on any atom is 0.0893 e. The monoisotopic (exact) mass is 462 g/mol. The summed E-state index contributed by atoms with van der Waals surface area (Å²) < 4.78 is 2.18. The van der Waals surface area contributed by atoms with E-state index in [1.807, 2.05) is 12.1 Å². The minimum absolute atomic E-state index is 0.247. The molecular formula is C26H31ClN6. The number of hydrogen-bond acceptors (Lipinski definition) is 5. The molecule has 1 aliphatic heterocycles. The molecule has 33 heavy (non-hydrogen) atoms. The Morgan fingerprint density at radius 1 is 0.909 bits per heavy atom. The Balaban J connectivity index is 1.17. The van der Waals surface area contributed by atoms with Gasteiger partial charge in [-0.25, -0.2) is 10.1 Å². The van der Waals surface area contributed by atoms with Crippen LogP contribution in [0.3, 0.4) is 0 Å². The number of halogens is 1. The normalized spacial score (nSPS) is 26.9. The molecule has 0 amide bonds. The van der Waals surface area contributed by atoms with Crippen LogP contribution in [0.4, 0.5) is 0 Å². The zero-order valence-electron chi connectivity index (χ0n) is 18.8. The van der Waals surface area contributed by atoms with Crippen molar-refractivity contribution in [2.24, 2.45) is 5.92 Å². The summed E-state index contributed by atoms with van der Waals surface area (Å²) in [4.78, 5) is 0. The predicted octanol–water partition coefficient (Wildman–Crippen LogP) is 4.33. The summed E-state index contributed by atoms with van der Waals surface area (Å²) in [5, 5.41) is 13.9. The number of nitrogens with zero attached hydrogens (tertiary/aromatic N) is 3. The molecule has 3 fully saturated rings. The van der Waals surface area contributed by atoms with E-state index >= 15 is 0 Å². The fraction of sp³-hybridized carbons (Fsp3) is 0.462. The van der Waals surface area contributed by atoms with Crippen LogP contribution in [-0.4, -0.2) is 27.2 Å². The zero-order chi connectivity index (χ0) is 22.2. The van der Waals surface area contributed by atoms with Gasteiger partial charge in [0.25, 0.3) is 0 Å². The third-order valence-corrected chi connectivity index (χ3v) is 7.77. The van der Waals surface area contributed by atoms with Gasteiger partial charge in [0.1, 0.15) is 0 Å². The molecule has 2 aliphatic carbocycles. The van der Waals surface area contributed by atoms with Crippen LogP contribution in [0.5, 0.6) is 0 Å². The zero-order valence-corrected chi connectivity index (χ0v) is 19.5. The molecule has 6 rings (SSSR count). The Morgan fingerprint density at radius 2 is 1.70 bits per heavy atom. The lowest BCUT2D eigenvalue weighted by atomic mass is 9.75. The first kappa shape index (κ1) is 21.3. The van der Waals surface area contributed by atoms with E-state index in [0.29, 0.717) is 23.8 Å². The van der Waals surface area contributed by atoms with Crippen LogP contribution >= 0.6 is 11.6 Å². The molecule has 2 heterocycles. The van der Waals surface area contributed by atoms with Gasteiger partial charge >= 0.3 is 0 Å². The maximum atomic E-state index is 6.04. The summed E-state index contributed by atoms with van der Waals surface area (Å²) in [6.07, 6.45) is 6.25. The van der Waals surface area contributed by atoms with Crippen molar-refractivity contribution in [1.29, 1.82) is 0 Å². The standard InChI is InChI=1S/C26H31ClN6/c27-21-11-6-17(7-12-21)15-28-26-22-14-20(10-13-23(22)29-31-26)24-25(19-8-9-19)33(32-30-24)16-18-4-2-1-3-5-18/h1-7,11-12,19-20,22-23,26,28-29,31H,8-10,13-16H2. The van der Waals surface area contributed by atoms with Gasteiger partial charge in [-0.2, -0.15) is 0 Å². The highest BCUT2D eigenvalue weighted by Gasteiger charge is 2.43. The molecule has 6 nitrogen and oxygen atoms in total. The highest BCUT2D eigenvalue weighted by atomic mass is 35.5. The Labute approximate surface area is 200 Å². The Bertz CT molecular complexity index is 1080. The van der Waals surface area contributed by atoms with E-state index in [-0.39, 0.29) is 6.17 Å². The van der Waals surface area contributed by atoms with Gasteiger partial charge in [0, 0.05) is 35.4 Å². The van der Waals surface area contributed by atoms with Crippen LogP contribution in [0.2, 0.25) is 5.02 Å². The SMILES string of the molecule is Clc1ccc(CNC2NNC3CCC(c4nnn(Cc5ccccc5)c4C4CC4)CC32)cc1. The summed E-state index contributed by atoms with van der Waals surface area (Å²) in [5.41, 5.74) is 12.2. The van der Waals surface area contributed by atoms with Crippen molar-refractivity contribution in [3.8, 4) is 0 Å². The van der Waals surface area contributed by atoms with Crippen LogP contribution < -0.4 is 16.2 Å². The quantitative estimate of drug-likeness (QED) is 0.487. The average Bonchev–Trinajstić information content (AvgIpc) is 3.48. The summed E-state index contributed by atoms with van der Waals surface area (Å²) in [6, 6.07) is 19.2. The van der Waals surface area contributed by atoms with Gasteiger partial charge < -0.3 is 0 Å². The van der Waals surface area contributed by atoms with Crippen LogP contribution in [0.15, 0.2) is 54.6 Å². The number of aromatic nitrogens is 3. The smallest absolute Gasteiger partial charge is 0.0893 e. The molecule has 3 aliphatic rings. The molecule has 2 saturated carbocycles. The van der Waals surface area contributed by atoms with E-state index in [1.54, 1.807) is 0 Å². The number of hydrogen-bond donors (Lipinski definition) is 3. The number of nitrogens with one attached hydrogen (secondary N) is 3. The van der Waals surface area contributed by atoms with Crippen molar-refractivity contribution < 1.29 is 0 Å². The average molecular weight is 463 g/mol. The van der Waals surface area contributed by atoms with Crippen molar-refractivity contribution in [2.45, 2.75) is 69.2 Å². The van der Waals surface area contributed by atoms with Gasteiger partial charge in [-0.1, -0.05) is 59.3 Å². The van der Waals surface area contributed by atoms with Crippen LogP contribution in [0.25, 0.3) is 0 Å². The fourth-order valence-corrected chi connectivity index (χ4v) is 5.74. The minimum atomic E-state index is 0.247. The molecule has 7 heteroatoms. The number of fused-ring (bicyclic) bond motifs is 1. The molecule has 3 N–H and O–H groups in total. The number of rotatable bonds is 7. The van der Waals surface area contributed by atoms with Crippen molar-refractivity contribution in [2.75, 3.05) is 0 Å². The van der Waals surface area contributed by atoms with Gasteiger partial charge in [-0.15, -0.1) is 5.10 Å². The van der Waals surface area contributed by atoms with Gasteiger partial charge in [0.15, 0.2) is 0 Å². The summed E-state index contributed by atoms with van der Waals surface area (Å²) in [6.45, 7) is 1.64. The van der Waals surface area contributed by atoms with Gasteiger partial charge in [-0.3, -0.25) is 10.7 Å². The van der Waals surface area contributed by atoms with E-state index in [2.05, 4.69) is 68.5 Å². The van der Waals surface area contributed by atoms with Crippen LogP contribution in [0.1, 0.15) is 66.5 Å². The summed E-state index contributed by atoms with van der Waals surface area (Å²) in [7, 11) is 0. The minimum Gasteiger partial charge on any atom is -0.297 e. The number of benzene rings is 2. The van der Waals surface area contributed by atoms with Crippen molar-refractivity contribution in [3.63, 3.8) is 0 Å². The molecule has 4 unspecified atom stereocenters. The lowest BCUT2D eigenvalue weighted by molar-refractivity contribution is 0.254. The van der Waals surface area contributed by atoms with Gasteiger partial charge in [0.05, 0.1) is 24.1 Å². The Morgan fingerprint density at radius 3 is 2.48 bits per heavy atom. The largest absolute Gasteiger partial charge is 0.297 e. The van der Waals surface area contributed by atoms with E-state index in [9.17, 15) is 0 Å². The second-order valence-corrected chi connectivity index (χ2v) is 10.3. The third-order valence-electron chi connectivity index (χ3n) is 7.52. The van der Waals surface area contributed by atoms with Crippen molar-refractivity contribution in [1.82, 2.24) is 31.2 Å². The van der Waals surface area contributed by atoms with Crippen molar-refractivity contribution in [3.05, 3.63) is 82.1 Å². The second-order valence-electron chi connectivity index (χ2n) is 9.83. The molecule has 0 radical (unpaired) electrons. The molecule has 2 aromatic carbocycles. The molecule has 172 valence electrons. The molecular weight excluding hydrogens is 432 g/mol. The first-order valence-electron chi connectivity index (χ1n) is 12.2. The van der Waals surface area contributed by atoms with E-state index in [0.717, 1.165) is 31.0 Å². The third kappa shape index (κ3) is 4.58. The fourth-order valence-electron chi connectivity index (χ4n) is 5.61. The second kappa shape index (κ2) is 9.18. The first-order chi connectivity index (χ1) is 16.2. The molecule has 1 saturated heterocycles. The van der Waals surface area contributed by atoms with E-state index < -0.39 is 0 Å². The lowest BCUT2D eigenvalue weighted by Crippen LogP contribution is -2.44. The molecule has 0 bridgehead atoms. The van der Waals surface area contributed by atoms with Crippen LogP contribution in [0, 0.1) is 5.92 Å². The van der Waals surface area contributed by atoms with Crippen molar-refractivity contribution >= 4 is 11.6 Å². The highest BCUT2D eigenvalue weighted by molar-refractivity contribution is 6.30. The summed E-state index contributed by atoms with van der Waals surface area (Å²) >= 11 is 6.04. The van der Waals surface area contributed by atoms with Gasteiger partial charge in [0.2, 0.25) is 0 Å². The molecule has 1 aromatic heterocycles. The highest BCUT2D eigenvalue weighted by Crippen LogP contribution is 2.46. The Hall–Kier alpha value is -2.25. The summed E-state index contributed by atoms with van der Waals surface area (Å²) in [5.74, 6) is 1.64. The molecule has 3 aromatic rings. The van der Waals surface area contributed by atoms with E-state index in [4.69, 9.17) is 16.7 Å². The Kier molecular flexibility index (Phi) is 5.93. The molecule has 0 spiro atoms. The maximum absolute atomic E-state index is 6.04. The first-order valence-corrected chi connectivity index (χ1v) is 12.6. The predicted molar refractivity (Wildman–Crippen MR) is 130 cm³/mol. The number of hydrazine groups is 1. The van der Waals surface area contributed by atoms with Gasteiger partial charge in [-0.05, 0) is 55.4 Å². The van der Waals surface area contributed by atoms with E-state index in [1.165, 1.54) is 41.8 Å². The lowest BCUT2D eigenvalue weighted by Gasteiger charge is -2.33. The van der Waals surface area contributed by atoms with Crippen LogP contribution in [-0.2, 0) is 13.1 Å². The topological polar surface area (TPSA) is 66.8 Å². The molecule has 4 atom stereocenters.